The van der Waals surface area contributed by atoms with Crippen LogP contribution in [0.25, 0.3) is 5.69 Å². The standard InChI is InChI=1S/C19H27N7O2/c1-23-11-12-25(18-20-21-22-26(18)16-5-3-2-4-6-16)15-19(23)8-7-17(28)24(10-9-19)13-14-27/h2-6,27H,7-15H2,1H3. The van der Waals surface area contributed by atoms with E-state index in [-0.39, 0.29) is 18.1 Å². The van der Waals surface area contributed by atoms with Gasteiger partial charge in [-0.25, -0.2) is 0 Å². The molecule has 28 heavy (non-hydrogen) atoms. The lowest BCUT2D eigenvalue weighted by molar-refractivity contribution is -0.131. The van der Waals surface area contributed by atoms with Crippen molar-refractivity contribution in [3.63, 3.8) is 0 Å². The molecule has 3 heterocycles. The van der Waals surface area contributed by atoms with Gasteiger partial charge in [0.05, 0.1) is 12.3 Å². The van der Waals surface area contributed by atoms with Gasteiger partial charge in [-0.05, 0) is 42.4 Å². The van der Waals surface area contributed by atoms with Gasteiger partial charge in [0.1, 0.15) is 0 Å². The Balaban J connectivity index is 1.58. The SMILES string of the molecule is CN1CCN(c2nnnn2-c2ccccc2)CC12CCC(=O)N(CCO)CC2. The number of rotatable bonds is 4. The van der Waals surface area contributed by atoms with Gasteiger partial charge in [0.15, 0.2) is 0 Å². The van der Waals surface area contributed by atoms with Crippen molar-refractivity contribution in [2.24, 2.45) is 0 Å². The molecular weight excluding hydrogens is 358 g/mol. The third-order valence-electron chi connectivity index (χ3n) is 6.11. The minimum Gasteiger partial charge on any atom is -0.395 e. The summed E-state index contributed by atoms with van der Waals surface area (Å²) < 4.78 is 1.78. The maximum absolute atomic E-state index is 12.4. The second-order valence-electron chi connectivity index (χ2n) is 7.65. The minimum absolute atomic E-state index is 0.00650. The molecule has 0 bridgehead atoms. The van der Waals surface area contributed by atoms with E-state index >= 15 is 0 Å². The lowest BCUT2D eigenvalue weighted by atomic mass is 9.86. The molecule has 1 aromatic carbocycles. The van der Waals surface area contributed by atoms with Crippen LogP contribution >= 0.6 is 0 Å². The number of aromatic nitrogens is 4. The van der Waals surface area contributed by atoms with E-state index in [0.717, 1.165) is 44.1 Å². The van der Waals surface area contributed by atoms with Gasteiger partial charge in [-0.1, -0.05) is 23.3 Å². The number of hydrogen-bond acceptors (Lipinski definition) is 7. The molecule has 2 aromatic rings. The summed E-state index contributed by atoms with van der Waals surface area (Å²) in [5.74, 6) is 0.868. The van der Waals surface area contributed by atoms with Crippen LogP contribution in [0.15, 0.2) is 30.3 Å². The highest BCUT2D eigenvalue weighted by atomic mass is 16.3. The molecule has 0 aliphatic carbocycles. The molecule has 4 rings (SSSR count). The number of carbonyl (C=O) groups is 1. The summed E-state index contributed by atoms with van der Waals surface area (Å²) in [7, 11) is 2.14. The van der Waals surface area contributed by atoms with Gasteiger partial charge in [0.25, 0.3) is 0 Å². The number of amides is 1. The fraction of sp³-hybridized carbons (Fsp3) is 0.579. The van der Waals surface area contributed by atoms with Crippen molar-refractivity contribution < 1.29 is 9.90 Å². The highest BCUT2D eigenvalue weighted by Crippen LogP contribution is 2.33. The molecule has 1 N–H and O–H groups in total. The van der Waals surface area contributed by atoms with E-state index in [1.165, 1.54) is 0 Å². The number of nitrogens with zero attached hydrogens (tertiary/aromatic N) is 7. The van der Waals surface area contributed by atoms with Crippen LogP contribution < -0.4 is 4.90 Å². The smallest absolute Gasteiger partial charge is 0.250 e. The predicted molar refractivity (Wildman–Crippen MR) is 104 cm³/mol. The Labute approximate surface area is 164 Å². The molecule has 0 radical (unpaired) electrons. The predicted octanol–water partition coefficient (Wildman–Crippen LogP) is 0.158. The average Bonchev–Trinajstić information content (AvgIpc) is 3.16. The zero-order valence-electron chi connectivity index (χ0n) is 16.2. The van der Waals surface area contributed by atoms with Gasteiger partial charge >= 0.3 is 0 Å². The van der Waals surface area contributed by atoms with Crippen molar-refractivity contribution in [2.75, 3.05) is 51.3 Å². The molecular formula is C19H27N7O2. The molecule has 150 valence electrons. The Morgan fingerprint density at radius 3 is 2.75 bits per heavy atom. The van der Waals surface area contributed by atoms with Gasteiger partial charge in [-0.3, -0.25) is 9.69 Å². The molecule has 1 unspecified atom stereocenters. The summed E-state index contributed by atoms with van der Waals surface area (Å²) in [6.45, 7) is 3.58. The summed E-state index contributed by atoms with van der Waals surface area (Å²) in [6.07, 6.45) is 2.17. The molecule has 9 nitrogen and oxygen atoms in total. The highest BCUT2D eigenvalue weighted by molar-refractivity contribution is 5.76. The Bertz CT molecular complexity index is 812. The zero-order valence-corrected chi connectivity index (χ0v) is 16.2. The first-order chi connectivity index (χ1) is 13.6. The quantitative estimate of drug-likeness (QED) is 0.802. The number of likely N-dealkylation sites (tertiary alicyclic amines) is 1. The maximum atomic E-state index is 12.4. The molecule has 0 saturated carbocycles. The van der Waals surface area contributed by atoms with Crippen molar-refractivity contribution in [3.05, 3.63) is 30.3 Å². The summed E-state index contributed by atoms with van der Waals surface area (Å²) in [6, 6.07) is 9.89. The number of β-amino-alcohol motifs (C(OH)–C–C–N with tert-alkyl or cyclic N) is 1. The molecule has 1 spiro atoms. The van der Waals surface area contributed by atoms with Crippen molar-refractivity contribution in [1.29, 1.82) is 0 Å². The topological polar surface area (TPSA) is 90.6 Å². The largest absolute Gasteiger partial charge is 0.395 e. The van der Waals surface area contributed by atoms with Crippen molar-refractivity contribution in [3.8, 4) is 5.69 Å². The number of para-hydroxylation sites is 1. The van der Waals surface area contributed by atoms with Gasteiger partial charge in [-0.15, -0.1) is 0 Å². The van der Waals surface area contributed by atoms with E-state index in [1.54, 1.807) is 9.58 Å². The molecule has 2 aliphatic heterocycles. The number of likely N-dealkylation sites (N-methyl/N-ethyl adjacent to an activating group) is 1. The number of aliphatic hydroxyl groups is 1. The average molecular weight is 385 g/mol. The summed E-state index contributed by atoms with van der Waals surface area (Å²) in [4.78, 5) is 18.8. The van der Waals surface area contributed by atoms with Crippen LogP contribution in [0, 0.1) is 0 Å². The number of aliphatic hydroxyl groups excluding tert-OH is 1. The van der Waals surface area contributed by atoms with Crippen LogP contribution in [0.4, 0.5) is 5.95 Å². The summed E-state index contributed by atoms with van der Waals surface area (Å²) in [5, 5.41) is 21.7. The van der Waals surface area contributed by atoms with Crippen LogP contribution in [0.3, 0.4) is 0 Å². The van der Waals surface area contributed by atoms with Crippen LogP contribution in [0.5, 0.6) is 0 Å². The lowest BCUT2D eigenvalue weighted by Gasteiger charge is -2.49. The third kappa shape index (κ3) is 3.47. The van der Waals surface area contributed by atoms with E-state index in [0.29, 0.717) is 19.5 Å². The highest BCUT2D eigenvalue weighted by Gasteiger charge is 2.43. The van der Waals surface area contributed by atoms with Crippen LogP contribution in [-0.2, 0) is 4.79 Å². The molecule has 2 aliphatic rings. The first-order valence-corrected chi connectivity index (χ1v) is 9.82. The van der Waals surface area contributed by atoms with Crippen LogP contribution in [0.2, 0.25) is 0 Å². The fourth-order valence-electron chi connectivity index (χ4n) is 4.34. The number of anilines is 1. The van der Waals surface area contributed by atoms with Gasteiger partial charge in [0.2, 0.25) is 11.9 Å². The first-order valence-electron chi connectivity index (χ1n) is 9.82. The van der Waals surface area contributed by atoms with Crippen LogP contribution in [-0.4, -0.2) is 92.9 Å². The maximum Gasteiger partial charge on any atom is 0.250 e. The molecule has 9 heteroatoms. The number of piperazine rings is 1. The van der Waals surface area contributed by atoms with E-state index < -0.39 is 0 Å². The minimum atomic E-state index is -0.106. The number of carbonyl (C=O) groups excluding carboxylic acids is 1. The molecule has 1 amide bonds. The molecule has 1 aromatic heterocycles. The third-order valence-corrected chi connectivity index (χ3v) is 6.11. The zero-order chi connectivity index (χ0) is 19.6. The lowest BCUT2D eigenvalue weighted by Crippen LogP contribution is -2.61. The van der Waals surface area contributed by atoms with Crippen molar-refractivity contribution >= 4 is 11.9 Å². The van der Waals surface area contributed by atoms with Crippen molar-refractivity contribution in [1.82, 2.24) is 30.0 Å². The Hall–Kier alpha value is -2.52. The van der Waals surface area contributed by atoms with E-state index in [4.69, 9.17) is 0 Å². The number of hydrogen-bond donors (Lipinski definition) is 1. The second kappa shape index (κ2) is 7.84. The van der Waals surface area contributed by atoms with E-state index in [9.17, 15) is 9.90 Å². The fourth-order valence-corrected chi connectivity index (χ4v) is 4.34. The number of tetrazole rings is 1. The van der Waals surface area contributed by atoms with Crippen LogP contribution in [0.1, 0.15) is 19.3 Å². The second-order valence-corrected chi connectivity index (χ2v) is 7.65. The Kier molecular flexibility index (Phi) is 5.27. The summed E-state index contributed by atoms with van der Waals surface area (Å²) in [5.41, 5.74) is 0.826. The van der Waals surface area contributed by atoms with Gasteiger partial charge < -0.3 is 14.9 Å². The monoisotopic (exact) mass is 385 g/mol. The van der Waals surface area contributed by atoms with E-state index in [2.05, 4.69) is 32.4 Å². The Morgan fingerprint density at radius 2 is 1.96 bits per heavy atom. The molecule has 2 saturated heterocycles. The Morgan fingerprint density at radius 1 is 1.14 bits per heavy atom. The van der Waals surface area contributed by atoms with Gasteiger partial charge in [-0.2, -0.15) is 4.68 Å². The first kappa shape index (κ1) is 18.8. The van der Waals surface area contributed by atoms with Crippen molar-refractivity contribution in [2.45, 2.75) is 24.8 Å². The molecule has 1 atom stereocenters. The molecule has 2 fully saturated rings. The number of benzene rings is 1. The summed E-state index contributed by atoms with van der Waals surface area (Å²) >= 11 is 0. The van der Waals surface area contributed by atoms with E-state index in [1.807, 2.05) is 30.3 Å². The normalized spacial score (nSPS) is 24.0. The van der Waals surface area contributed by atoms with Gasteiger partial charge in [0, 0.05) is 44.7 Å².